The third-order valence-electron chi connectivity index (χ3n) is 8.52. The van der Waals surface area contributed by atoms with Crippen molar-refractivity contribution in [3.05, 3.63) is 47.4 Å². The Hall–Kier alpha value is -3.31. The summed E-state index contributed by atoms with van der Waals surface area (Å²) in [5, 5.41) is 4.55. The highest BCUT2D eigenvalue weighted by Crippen LogP contribution is 2.54. The first-order chi connectivity index (χ1) is 18.7. The van der Waals surface area contributed by atoms with E-state index in [0.717, 1.165) is 29.5 Å². The number of carbonyl (C=O) groups is 1. The van der Waals surface area contributed by atoms with Gasteiger partial charge in [-0.25, -0.2) is 24.0 Å². The zero-order valence-corrected chi connectivity index (χ0v) is 24.7. The number of anilines is 2. The molecule has 1 saturated carbocycles. The summed E-state index contributed by atoms with van der Waals surface area (Å²) in [5.74, 6) is 1.25. The zero-order valence-electron chi connectivity index (χ0n) is 23.9. The molecule has 4 N–H and O–H groups in total. The Balaban J connectivity index is 1.50. The monoisotopic (exact) mass is 566 g/mol. The molecule has 1 aliphatic heterocycles. The van der Waals surface area contributed by atoms with Gasteiger partial charge in [0.1, 0.15) is 17.7 Å². The van der Waals surface area contributed by atoms with Crippen LogP contribution in [0.15, 0.2) is 30.6 Å². The average molecular weight is 567 g/mol. The normalized spacial score (nSPS) is 22.0. The molecule has 11 heteroatoms. The molecule has 214 valence electrons. The van der Waals surface area contributed by atoms with Crippen LogP contribution in [0.1, 0.15) is 81.9 Å². The standard InChI is InChI=1S/C29H38N6O4S/c1-7-28(5,30)22-15-33-26(38-16(2)12-17(3)40(6,31)37)21-14-32-24(13-20(21)22)34-23-9-8-19-25(35-23)29(10-11-29)18(4)39-27(19)36/h8-9,13-18,31H,7,10-12,30H2,1-6H3,(H,32,34,35)/t16-,17-,18-,28?,40?/m1/s1. The smallest absolute Gasteiger partial charge is 0.340 e. The lowest BCUT2D eigenvalue weighted by Crippen LogP contribution is -2.36. The minimum Gasteiger partial charge on any atom is -0.474 e. The molecule has 1 fully saturated rings. The van der Waals surface area contributed by atoms with Crippen LogP contribution in [0.3, 0.4) is 0 Å². The number of aromatic nitrogens is 3. The summed E-state index contributed by atoms with van der Waals surface area (Å²) in [7, 11) is -2.68. The van der Waals surface area contributed by atoms with Gasteiger partial charge in [0.2, 0.25) is 5.88 Å². The molecule has 40 heavy (non-hydrogen) atoms. The minimum absolute atomic E-state index is 0.200. The van der Waals surface area contributed by atoms with Crippen molar-refractivity contribution in [2.75, 3.05) is 11.6 Å². The van der Waals surface area contributed by atoms with Gasteiger partial charge in [0.05, 0.1) is 28.2 Å². The number of rotatable bonds is 9. The second-order valence-corrected chi connectivity index (χ2v) is 14.3. The lowest BCUT2D eigenvalue weighted by molar-refractivity contribution is 0.0183. The van der Waals surface area contributed by atoms with Crippen molar-refractivity contribution in [1.82, 2.24) is 15.0 Å². The van der Waals surface area contributed by atoms with E-state index in [2.05, 4.69) is 15.3 Å². The van der Waals surface area contributed by atoms with Crippen molar-refractivity contribution in [2.24, 2.45) is 5.73 Å². The zero-order chi connectivity index (χ0) is 29.0. The maximum Gasteiger partial charge on any atom is 0.340 e. The number of esters is 1. The van der Waals surface area contributed by atoms with Gasteiger partial charge in [0, 0.05) is 39.2 Å². The van der Waals surface area contributed by atoms with Crippen molar-refractivity contribution in [1.29, 1.82) is 4.78 Å². The molecule has 0 aromatic carbocycles. The van der Waals surface area contributed by atoms with E-state index in [-0.39, 0.29) is 28.8 Å². The van der Waals surface area contributed by atoms with Crippen LogP contribution >= 0.6 is 0 Å². The molecule has 0 radical (unpaired) electrons. The first kappa shape index (κ1) is 28.2. The number of cyclic esters (lactones) is 1. The van der Waals surface area contributed by atoms with Crippen LogP contribution in [0.2, 0.25) is 0 Å². The summed E-state index contributed by atoms with van der Waals surface area (Å²) in [4.78, 5) is 26.5. The highest BCUT2D eigenvalue weighted by Gasteiger charge is 2.56. The molecule has 0 amide bonds. The van der Waals surface area contributed by atoms with Gasteiger partial charge in [0.25, 0.3) is 0 Å². The summed E-state index contributed by atoms with van der Waals surface area (Å²) in [6.45, 7) is 9.61. The second kappa shape index (κ2) is 9.95. The molecule has 4 heterocycles. The fourth-order valence-corrected chi connectivity index (χ4v) is 5.96. The minimum atomic E-state index is -2.68. The van der Waals surface area contributed by atoms with E-state index in [9.17, 15) is 9.00 Å². The molecule has 2 unspecified atom stereocenters. The number of hydrogen-bond acceptors (Lipinski definition) is 10. The number of ether oxygens (including phenoxy) is 2. The van der Waals surface area contributed by atoms with Crippen LogP contribution in [-0.2, 0) is 25.4 Å². The lowest BCUT2D eigenvalue weighted by Gasteiger charge is -2.30. The number of fused-ring (bicyclic) bond motifs is 3. The van der Waals surface area contributed by atoms with Crippen LogP contribution in [0.4, 0.5) is 11.6 Å². The van der Waals surface area contributed by atoms with Gasteiger partial charge in [-0.1, -0.05) is 6.92 Å². The maximum atomic E-state index is 12.5. The molecule has 5 atom stereocenters. The molecule has 1 aliphatic carbocycles. The van der Waals surface area contributed by atoms with E-state index in [1.54, 1.807) is 31.5 Å². The van der Waals surface area contributed by atoms with Gasteiger partial charge in [-0.15, -0.1) is 0 Å². The van der Waals surface area contributed by atoms with Crippen LogP contribution in [0, 0.1) is 4.78 Å². The Labute approximate surface area is 235 Å². The summed E-state index contributed by atoms with van der Waals surface area (Å²) < 4.78 is 31.8. The SMILES string of the molecule is CCC(C)(N)c1cnc(O[C@H](C)C[C@@H](C)S(C)(=N)=O)c2cnc(Nc3ccc4c(n3)C3(CC3)[C@@H](C)OC4=O)cc12. The van der Waals surface area contributed by atoms with Crippen LogP contribution < -0.4 is 15.8 Å². The lowest BCUT2D eigenvalue weighted by atomic mass is 9.88. The molecule has 2 aliphatic rings. The highest BCUT2D eigenvalue weighted by molar-refractivity contribution is 7.92. The van der Waals surface area contributed by atoms with E-state index in [4.69, 9.17) is 25.0 Å². The Bertz CT molecular complexity index is 1580. The van der Waals surface area contributed by atoms with Crippen LogP contribution in [-0.4, -0.2) is 48.8 Å². The fraction of sp³-hybridized carbons (Fsp3) is 0.517. The van der Waals surface area contributed by atoms with Crippen molar-refractivity contribution >= 4 is 38.1 Å². The molecule has 10 nitrogen and oxygen atoms in total. The van der Waals surface area contributed by atoms with Gasteiger partial charge in [-0.2, -0.15) is 0 Å². The third-order valence-corrected chi connectivity index (χ3v) is 10.3. The van der Waals surface area contributed by atoms with Crippen molar-refractivity contribution in [3.63, 3.8) is 0 Å². The number of nitrogens with two attached hydrogens (primary N) is 1. The molecule has 0 saturated heterocycles. The van der Waals surface area contributed by atoms with E-state index in [1.165, 1.54) is 6.26 Å². The number of nitrogens with one attached hydrogen (secondary N) is 2. The van der Waals surface area contributed by atoms with E-state index < -0.39 is 15.3 Å². The average Bonchev–Trinajstić information content (AvgIpc) is 3.69. The molecule has 3 aromatic heterocycles. The maximum absolute atomic E-state index is 12.5. The highest BCUT2D eigenvalue weighted by atomic mass is 32.2. The third kappa shape index (κ3) is 5.12. The molecule has 1 spiro atoms. The van der Waals surface area contributed by atoms with Gasteiger partial charge in [-0.05, 0) is 82.5 Å². The Morgan fingerprint density at radius 3 is 2.62 bits per heavy atom. The van der Waals surface area contributed by atoms with Crippen LogP contribution in [0.25, 0.3) is 10.8 Å². The van der Waals surface area contributed by atoms with Gasteiger partial charge in [0.15, 0.2) is 0 Å². The van der Waals surface area contributed by atoms with Gasteiger partial charge in [-0.3, -0.25) is 4.78 Å². The van der Waals surface area contributed by atoms with Crippen molar-refractivity contribution in [2.45, 2.75) is 88.7 Å². The second-order valence-electron chi connectivity index (χ2n) is 11.7. The number of pyridine rings is 3. The number of nitrogens with zero attached hydrogens (tertiary/aromatic N) is 3. The summed E-state index contributed by atoms with van der Waals surface area (Å²) >= 11 is 0. The molecular weight excluding hydrogens is 528 g/mol. The number of hydrogen-bond donors (Lipinski definition) is 3. The summed E-state index contributed by atoms with van der Waals surface area (Å²) in [6.07, 6.45) is 7.43. The molecule has 0 bridgehead atoms. The van der Waals surface area contributed by atoms with E-state index in [0.29, 0.717) is 41.3 Å². The largest absolute Gasteiger partial charge is 0.474 e. The molecular formula is C29H38N6O4S. The quantitative estimate of drug-likeness (QED) is 0.298. The van der Waals surface area contributed by atoms with Crippen molar-refractivity contribution in [3.8, 4) is 5.88 Å². The summed E-state index contributed by atoms with van der Waals surface area (Å²) in [6, 6.07) is 5.45. The Morgan fingerprint density at radius 1 is 1.25 bits per heavy atom. The number of carbonyl (C=O) groups excluding carboxylic acids is 1. The Morgan fingerprint density at radius 2 is 1.98 bits per heavy atom. The van der Waals surface area contributed by atoms with Crippen molar-refractivity contribution < 1.29 is 18.5 Å². The first-order valence-electron chi connectivity index (χ1n) is 13.7. The van der Waals surface area contributed by atoms with E-state index >= 15 is 0 Å². The summed E-state index contributed by atoms with van der Waals surface area (Å²) in [5.41, 5.74) is 8.01. The first-order valence-corrected chi connectivity index (χ1v) is 15.7. The fourth-order valence-electron chi connectivity index (χ4n) is 5.32. The van der Waals surface area contributed by atoms with Gasteiger partial charge >= 0.3 is 5.97 Å². The molecule has 5 rings (SSSR count). The van der Waals surface area contributed by atoms with Crippen LogP contribution in [0.5, 0.6) is 5.88 Å². The predicted octanol–water partition coefficient (Wildman–Crippen LogP) is 5.17. The van der Waals surface area contributed by atoms with Gasteiger partial charge < -0.3 is 20.5 Å². The topological polar surface area (TPSA) is 153 Å². The van der Waals surface area contributed by atoms with E-state index in [1.807, 2.05) is 33.8 Å². The Kier molecular flexibility index (Phi) is 7.02. The predicted molar refractivity (Wildman–Crippen MR) is 156 cm³/mol. The molecule has 3 aromatic rings.